The van der Waals surface area contributed by atoms with Crippen LogP contribution in [0, 0.1) is 0 Å². The van der Waals surface area contributed by atoms with Crippen molar-refractivity contribution in [2.75, 3.05) is 0 Å². The fraction of sp³-hybridized carbons (Fsp3) is 0.105. The van der Waals surface area contributed by atoms with E-state index >= 15 is 0 Å². The number of hydrogen-bond acceptors (Lipinski definition) is 3. The van der Waals surface area contributed by atoms with Crippen molar-refractivity contribution in [2.24, 2.45) is 0 Å². The zero-order valence-electron chi connectivity index (χ0n) is 12.8. The van der Waals surface area contributed by atoms with Gasteiger partial charge < -0.3 is 0 Å². The van der Waals surface area contributed by atoms with Crippen molar-refractivity contribution in [2.45, 2.75) is 21.3 Å². The van der Waals surface area contributed by atoms with E-state index in [1.54, 1.807) is 23.5 Å². The highest BCUT2D eigenvalue weighted by molar-refractivity contribution is 7.99. The van der Waals surface area contributed by atoms with Gasteiger partial charge in [0.05, 0.1) is 0 Å². The second-order valence-electron chi connectivity index (χ2n) is 5.11. The lowest BCUT2D eigenvalue weighted by Crippen LogP contribution is -1.88. The van der Waals surface area contributed by atoms with Gasteiger partial charge in [0.2, 0.25) is 0 Å². The zero-order chi connectivity index (χ0) is 16.8. The van der Waals surface area contributed by atoms with Gasteiger partial charge in [0.15, 0.2) is 0 Å². The Morgan fingerprint density at radius 2 is 1.08 bits per heavy atom. The molecular weight excluding hydrogens is 377 g/mol. The van der Waals surface area contributed by atoms with Gasteiger partial charge in [-0.3, -0.25) is 0 Å². The Hall–Kier alpha value is -1.13. The number of halogens is 2. The molecule has 0 saturated carbocycles. The molecule has 3 aromatic rings. The minimum Gasteiger partial charge on any atom is -0.222 e. The number of hydrogen-bond donors (Lipinski definition) is 0. The van der Waals surface area contributed by atoms with E-state index in [2.05, 4.69) is 29.2 Å². The van der Waals surface area contributed by atoms with Crippen LogP contribution in [0.4, 0.5) is 0 Å². The van der Waals surface area contributed by atoms with Crippen LogP contribution in [0.25, 0.3) is 0 Å². The fourth-order valence-electron chi connectivity index (χ4n) is 2.11. The van der Waals surface area contributed by atoms with Crippen molar-refractivity contribution in [3.05, 3.63) is 88.2 Å². The molecule has 1 nitrogen and oxygen atoms in total. The lowest BCUT2D eigenvalue weighted by molar-refractivity contribution is 1.15. The number of rotatable bonds is 6. The van der Waals surface area contributed by atoms with Crippen LogP contribution in [0.15, 0.2) is 76.5 Å². The first-order chi connectivity index (χ1) is 11.7. The van der Waals surface area contributed by atoms with Crippen molar-refractivity contribution >= 4 is 46.7 Å². The zero-order valence-corrected chi connectivity index (χ0v) is 15.9. The van der Waals surface area contributed by atoms with E-state index < -0.39 is 0 Å². The number of thioether (sulfide) groups is 2. The fourth-order valence-corrected chi connectivity index (χ4v) is 4.59. The summed E-state index contributed by atoms with van der Waals surface area (Å²) in [4.78, 5) is 6.20. The van der Waals surface area contributed by atoms with Crippen LogP contribution in [-0.2, 0) is 11.5 Å². The summed E-state index contributed by atoms with van der Waals surface area (Å²) in [6.07, 6.45) is 0. The van der Waals surface area contributed by atoms with Crippen LogP contribution in [-0.4, -0.2) is 4.98 Å². The minimum absolute atomic E-state index is 0.463. The van der Waals surface area contributed by atoms with Crippen LogP contribution in [0.5, 0.6) is 0 Å². The normalized spacial score (nSPS) is 10.8. The quantitative estimate of drug-likeness (QED) is 0.332. The highest BCUT2D eigenvalue weighted by Crippen LogP contribution is 2.36. The van der Waals surface area contributed by atoms with Crippen LogP contribution in [0.1, 0.15) is 11.1 Å². The monoisotopic (exact) mass is 391 g/mol. The third-order valence-electron chi connectivity index (χ3n) is 3.34. The molecule has 0 amide bonds. The van der Waals surface area contributed by atoms with E-state index in [1.807, 2.05) is 42.5 Å². The number of benzene rings is 2. The molecule has 2 aromatic carbocycles. The SMILES string of the molecule is Clc1nc(Cl)c(SCc2ccccc2)cc1SCc1ccccc1. The first-order valence-electron chi connectivity index (χ1n) is 7.42. The summed E-state index contributed by atoms with van der Waals surface area (Å²) in [5.74, 6) is 1.71. The van der Waals surface area contributed by atoms with E-state index in [-0.39, 0.29) is 0 Å². The third-order valence-corrected chi connectivity index (χ3v) is 6.34. The van der Waals surface area contributed by atoms with Gasteiger partial charge in [0.25, 0.3) is 0 Å². The van der Waals surface area contributed by atoms with E-state index in [9.17, 15) is 0 Å². The molecule has 5 heteroatoms. The van der Waals surface area contributed by atoms with Crippen LogP contribution >= 0.6 is 46.7 Å². The summed E-state index contributed by atoms with van der Waals surface area (Å²) in [6.45, 7) is 0. The lowest BCUT2D eigenvalue weighted by atomic mass is 10.2. The van der Waals surface area contributed by atoms with Crippen molar-refractivity contribution in [3.63, 3.8) is 0 Å². The van der Waals surface area contributed by atoms with Crippen molar-refractivity contribution in [1.82, 2.24) is 4.98 Å². The molecule has 0 aliphatic rings. The largest absolute Gasteiger partial charge is 0.222 e. The molecule has 0 saturated heterocycles. The highest BCUT2D eigenvalue weighted by Gasteiger charge is 2.11. The van der Waals surface area contributed by atoms with Gasteiger partial charge in [-0.1, -0.05) is 83.9 Å². The molecule has 1 heterocycles. The summed E-state index contributed by atoms with van der Waals surface area (Å²) in [5, 5.41) is 0.926. The maximum atomic E-state index is 6.26. The predicted molar refractivity (Wildman–Crippen MR) is 106 cm³/mol. The van der Waals surface area contributed by atoms with Crippen molar-refractivity contribution in [3.8, 4) is 0 Å². The van der Waals surface area contributed by atoms with Gasteiger partial charge in [0.1, 0.15) is 10.3 Å². The Morgan fingerprint density at radius 3 is 1.50 bits per heavy atom. The van der Waals surface area contributed by atoms with Crippen LogP contribution < -0.4 is 0 Å². The molecule has 0 radical (unpaired) electrons. The Labute approximate surface area is 160 Å². The molecule has 3 rings (SSSR count). The summed E-state index contributed by atoms with van der Waals surface area (Å²) in [7, 11) is 0. The molecule has 0 fully saturated rings. The van der Waals surface area contributed by atoms with Crippen molar-refractivity contribution in [1.29, 1.82) is 0 Å². The van der Waals surface area contributed by atoms with Crippen LogP contribution in [0.3, 0.4) is 0 Å². The maximum absolute atomic E-state index is 6.26. The molecular formula is C19H15Cl2NS2. The Bertz CT molecular complexity index is 730. The van der Waals surface area contributed by atoms with E-state index in [1.165, 1.54) is 11.1 Å². The summed E-state index contributed by atoms with van der Waals surface area (Å²) in [5.41, 5.74) is 2.51. The van der Waals surface area contributed by atoms with Gasteiger partial charge in [-0.2, -0.15) is 0 Å². The van der Waals surface area contributed by atoms with Gasteiger partial charge in [-0.15, -0.1) is 23.5 Å². The van der Waals surface area contributed by atoms with Gasteiger partial charge >= 0.3 is 0 Å². The lowest BCUT2D eigenvalue weighted by Gasteiger charge is -2.09. The average molecular weight is 392 g/mol. The molecule has 0 aliphatic heterocycles. The smallest absolute Gasteiger partial charge is 0.144 e. The molecule has 0 N–H and O–H groups in total. The van der Waals surface area contributed by atoms with Crippen molar-refractivity contribution < 1.29 is 0 Å². The molecule has 0 spiro atoms. The number of aromatic nitrogens is 1. The number of pyridine rings is 1. The molecule has 0 aliphatic carbocycles. The van der Waals surface area contributed by atoms with E-state index in [0.717, 1.165) is 21.3 Å². The summed E-state index contributed by atoms with van der Waals surface area (Å²) < 4.78 is 0. The van der Waals surface area contributed by atoms with Crippen LogP contribution in [0.2, 0.25) is 10.3 Å². The standard InChI is InChI=1S/C19H15Cl2NS2/c20-18-16(23-12-14-7-3-1-4-8-14)11-17(19(21)22-18)24-13-15-9-5-2-6-10-15/h1-11H,12-13H2. The van der Waals surface area contributed by atoms with E-state index in [0.29, 0.717) is 10.3 Å². The Kier molecular flexibility index (Phi) is 6.50. The molecule has 24 heavy (non-hydrogen) atoms. The van der Waals surface area contributed by atoms with Gasteiger partial charge in [-0.05, 0) is 17.2 Å². The Morgan fingerprint density at radius 1 is 0.667 bits per heavy atom. The minimum atomic E-state index is 0.463. The van der Waals surface area contributed by atoms with E-state index in [4.69, 9.17) is 23.2 Å². The molecule has 0 unspecified atom stereocenters. The predicted octanol–water partition coefficient (Wildman–Crippen LogP) is 6.97. The Balaban J connectivity index is 1.71. The number of nitrogens with zero attached hydrogens (tertiary/aromatic N) is 1. The molecule has 1 aromatic heterocycles. The second-order valence-corrected chi connectivity index (χ2v) is 7.87. The van der Waals surface area contributed by atoms with Gasteiger partial charge in [-0.25, -0.2) is 4.98 Å². The molecule has 0 atom stereocenters. The average Bonchev–Trinajstić information content (AvgIpc) is 2.62. The summed E-state index contributed by atoms with van der Waals surface area (Å²) in [6, 6.07) is 22.7. The second kappa shape index (κ2) is 8.82. The highest BCUT2D eigenvalue weighted by atomic mass is 35.5. The maximum Gasteiger partial charge on any atom is 0.144 e. The molecule has 122 valence electrons. The summed E-state index contributed by atoms with van der Waals surface area (Å²) >= 11 is 15.9. The van der Waals surface area contributed by atoms with Gasteiger partial charge in [0, 0.05) is 21.3 Å². The third kappa shape index (κ3) is 4.93. The first kappa shape index (κ1) is 17.7. The molecule has 0 bridgehead atoms. The first-order valence-corrected chi connectivity index (χ1v) is 10.1. The topological polar surface area (TPSA) is 12.9 Å².